The topological polar surface area (TPSA) is 58.0 Å². The Balaban J connectivity index is 2.15. The molecule has 1 fully saturated rings. The predicted molar refractivity (Wildman–Crippen MR) is 77.8 cm³/mol. The molecule has 106 valence electrons. The molecule has 1 saturated carbocycles. The Hall–Kier alpha value is -0.870. The Morgan fingerprint density at radius 3 is 2.42 bits per heavy atom. The minimum Gasteiger partial charge on any atom is -0.393 e. The highest BCUT2D eigenvalue weighted by molar-refractivity contribution is 6.30. The van der Waals surface area contributed by atoms with Crippen LogP contribution in [0.2, 0.25) is 5.15 Å². The molecule has 1 aliphatic carbocycles. The maximum Gasteiger partial charge on any atom is 0.137 e. The fourth-order valence-electron chi connectivity index (χ4n) is 2.32. The fraction of sp³-hybridized carbons (Fsp3) is 0.714. The summed E-state index contributed by atoms with van der Waals surface area (Å²) in [6.45, 7) is 6.05. The molecular weight excluding hydrogens is 262 g/mol. The molecule has 0 aliphatic heterocycles. The number of hydrogen-bond donors (Lipinski definition) is 2. The number of hydrogen-bond acceptors (Lipinski definition) is 4. The molecule has 4 nitrogen and oxygen atoms in total. The maximum atomic E-state index is 9.53. The van der Waals surface area contributed by atoms with E-state index >= 15 is 0 Å². The lowest BCUT2D eigenvalue weighted by Gasteiger charge is -2.27. The number of rotatable bonds is 3. The largest absolute Gasteiger partial charge is 0.393 e. The van der Waals surface area contributed by atoms with Gasteiger partial charge in [-0.1, -0.05) is 25.4 Å². The highest BCUT2D eigenvalue weighted by atomic mass is 35.5. The lowest BCUT2D eigenvalue weighted by molar-refractivity contribution is 0.126. The van der Waals surface area contributed by atoms with Gasteiger partial charge in [-0.25, -0.2) is 9.97 Å². The summed E-state index contributed by atoms with van der Waals surface area (Å²) in [4.78, 5) is 8.89. The van der Waals surface area contributed by atoms with Crippen molar-refractivity contribution < 1.29 is 5.11 Å². The molecule has 2 rings (SSSR count). The Bertz CT molecular complexity index is 443. The molecule has 2 N–H and O–H groups in total. The van der Waals surface area contributed by atoms with Crippen LogP contribution < -0.4 is 5.32 Å². The van der Waals surface area contributed by atoms with Crippen molar-refractivity contribution in [1.29, 1.82) is 0 Å². The normalized spacial score (nSPS) is 23.7. The highest BCUT2D eigenvalue weighted by Gasteiger charge is 2.21. The summed E-state index contributed by atoms with van der Waals surface area (Å²) in [5.74, 6) is 1.87. The second-order valence-electron chi connectivity index (χ2n) is 5.65. The van der Waals surface area contributed by atoms with E-state index in [0.29, 0.717) is 11.2 Å². The molecule has 1 heterocycles. The molecule has 1 aliphatic rings. The SMILES string of the molecule is Cc1c(Cl)nc(C(C)C)nc1NC1CCC(O)CC1. The van der Waals surface area contributed by atoms with Gasteiger partial charge in [-0.15, -0.1) is 0 Å². The minimum absolute atomic E-state index is 0.139. The molecule has 0 aromatic carbocycles. The zero-order chi connectivity index (χ0) is 14.0. The molecule has 1 aromatic rings. The van der Waals surface area contributed by atoms with Crippen molar-refractivity contribution in [3.05, 3.63) is 16.5 Å². The van der Waals surface area contributed by atoms with Crippen molar-refractivity contribution >= 4 is 17.4 Å². The van der Waals surface area contributed by atoms with Crippen molar-refractivity contribution in [2.75, 3.05) is 5.32 Å². The Morgan fingerprint density at radius 2 is 1.84 bits per heavy atom. The van der Waals surface area contributed by atoms with Crippen LogP contribution in [0.5, 0.6) is 0 Å². The van der Waals surface area contributed by atoms with Crippen LogP contribution in [-0.2, 0) is 0 Å². The van der Waals surface area contributed by atoms with Gasteiger partial charge in [0, 0.05) is 17.5 Å². The van der Waals surface area contributed by atoms with E-state index in [4.69, 9.17) is 11.6 Å². The van der Waals surface area contributed by atoms with E-state index in [9.17, 15) is 5.11 Å². The molecule has 0 bridgehead atoms. The van der Waals surface area contributed by atoms with Crippen molar-refractivity contribution in [2.45, 2.75) is 64.5 Å². The van der Waals surface area contributed by atoms with Gasteiger partial charge in [-0.05, 0) is 32.6 Å². The smallest absolute Gasteiger partial charge is 0.137 e. The standard InChI is InChI=1S/C14H22ClN3O/c1-8(2)13-17-12(15)9(3)14(18-13)16-10-4-6-11(19)7-5-10/h8,10-11,19H,4-7H2,1-3H3,(H,16,17,18). The molecule has 5 heteroatoms. The van der Waals surface area contributed by atoms with Gasteiger partial charge < -0.3 is 10.4 Å². The van der Waals surface area contributed by atoms with E-state index in [1.807, 2.05) is 6.92 Å². The number of nitrogens with one attached hydrogen (secondary N) is 1. The van der Waals surface area contributed by atoms with Gasteiger partial charge in [0.25, 0.3) is 0 Å². The molecule has 0 amide bonds. The first-order valence-electron chi connectivity index (χ1n) is 6.96. The predicted octanol–water partition coefficient (Wildman–Crippen LogP) is 3.28. The number of aromatic nitrogens is 2. The third-order valence-corrected chi connectivity index (χ3v) is 4.03. The summed E-state index contributed by atoms with van der Waals surface area (Å²) in [6.07, 6.45) is 3.51. The number of anilines is 1. The van der Waals surface area contributed by atoms with E-state index in [-0.39, 0.29) is 12.0 Å². The Labute approximate surface area is 119 Å². The number of nitrogens with zero attached hydrogens (tertiary/aromatic N) is 2. The van der Waals surface area contributed by atoms with Gasteiger partial charge in [-0.2, -0.15) is 0 Å². The monoisotopic (exact) mass is 283 g/mol. The first-order valence-corrected chi connectivity index (χ1v) is 7.33. The second kappa shape index (κ2) is 6.06. The van der Waals surface area contributed by atoms with Crippen molar-refractivity contribution in [2.24, 2.45) is 0 Å². The van der Waals surface area contributed by atoms with Crippen LogP contribution in [0.1, 0.15) is 56.8 Å². The minimum atomic E-state index is -0.139. The van der Waals surface area contributed by atoms with Gasteiger partial charge >= 0.3 is 0 Å². The van der Waals surface area contributed by atoms with Crippen LogP contribution in [0.3, 0.4) is 0 Å². The number of aliphatic hydroxyl groups excluding tert-OH is 1. The summed E-state index contributed by atoms with van der Waals surface area (Å²) in [5, 5.41) is 13.5. The van der Waals surface area contributed by atoms with E-state index < -0.39 is 0 Å². The average Bonchev–Trinajstić information content (AvgIpc) is 2.37. The first-order chi connectivity index (χ1) is 8.97. The lowest BCUT2D eigenvalue weighted by atomic mass is 9.93. The third kappa shape index (κ3) is 3.57. The van der Waals surface area contributed by atoms with Gasteiger partial charge in [0.05, 0.1) is 6.10 Å². The van der Waals surface area contributed by atoms with Gasteiger partial charge in [0.2, 0.25) is 0 Å². The number of aliphatic hydroxyl groups is 1. The molecule has 0 atom stereocenters. The van der Waals surface area contributed by atoms with Crippen molar-refractivity contribution in [3.8, 4) is 0 Å². The van der Waals surface area contributed by atoms with E-state index in [1.165, 1.54) is 0 Å². The average molecular weight is 284 g/mol. The number of halogens is 1. The zero-order valence-electron chi connectivity index (χ0n) is 11.8. The molecule has 0 radical (unpaired) electrons. The van der Waals surface area contributed by atoms with Crippen LogP contribution in [0, 0.1) is 6.92 Å². The van der Waals surface area contributed by atoms with Crippen LogP contribution >= 0.6 is 11.6 Å². The quantitative estimate of drug-likeness (QED) is 0.836. The van der Waals surface area contributed by atoms with Crippen LogP contribution in [0.25, 0.3) is 0 Å². The van der Waals surface area contributed by atoms with Crippen LogP contribution in [0.15, 0.2) is 0 Å². The molecule has 19 heavy (non-hydrogen) atoms. The van der Waals surface area contributed by atoms with E-state index in [2.05, 4.69) is 29.1 Å². The lowest BCUT2D eigenvalue weighted by Crippen LogP contribution is -2.29. The molecule has 0 spiro atoms. The molecule has 0 saturated heterocycles. The van der Waals surface area contributed by atoms with Crippen molar-refractivity contribution in [1.82, 2.24) is 9.97 Å². The summed E-state index contributed by atoms with van der Waals surface area (Å²) in [5.41, 5.74) is 0.900. The van der Waals surface area contributed by atoms with Crippen LogP contribution in [-0.4, -0.2) is 27.2 Å². The molecule has 1 aromatic heterocycles. The first kappa shape index (κ1) is 14.5. The van der Waals surface area contributed by atoms with E-state index in [1.54, 1.807) is 0 Å². The van der Waals surface area contributed by atoms with Gasteiger partial charge in [0.15, 0.2) is 0 Å². The van der Waals surface area contributed by atoms with E-state index in [0.717, 1.165) is 42.9 Å². The summed E-state index contributed by atoms with van der Waals surface area (Å²) in [6, 6.07) is 0.369. The summed E-state index contributed by atoms with van der Waals surface area (Å²) in [7, 11) is 0. The Morgan fingerprint density at radius 1 is 1.21 bits per heavy atom. The summed E-state index contributed by atoms with van der Waals surface area (Å²) >= 11 is 6.17. The zero-order valence-corrected chi connectivity index (χ0v) is 12.5. The third-order valence-electron chi connectivity index (χ3n) is 3.66. The van der Waals surface area contributed by atoms with Gasteiger partial charge in [0.1, 0.15) is 16.8 Å². The Kier molecular flexibility index (Phi) is 4.63. The highest BCUT2D eigenvalue weighted by Crippen LogP contribution is 2.26. The second-order valence-corrected chi connectivity index (χ2v) is 6.01. The van der Waals surface area contributed by atoms with Gasteiger partial charge in [-0.3, -0.25) is 0 Å². The maximum absolute atomic E-state index is 9.53. The summed E-state index contributed by atoms with van der Waals surface area (Å²) < 4.78 is 0. The molecular formula is C14H22ClN3O. The molecule has 0 unspecified atom stereocenters. The van der Waals surface area contributed by atoms with Crippen molar-refractivity contribution in [3.63, 3.8) is 0 Å². The van der Waals surface area contributed by atoms with Crippen LogP contribution in [0.4, 0.5) is 5.82 Å². The fourth-order valence-corrected chi connectivity index (χ4v) is 2.49.